The highest BCUT2D eigenvalue weighted by atomic mass is 127. The zero-order valence-corrected chi connectivity index (χ0v) is 63.8. The number of unbranched alkanes of at least 4 members (excludes halogenated alkanes) is 3. The van der Waals surface area contributed by atoms with Gasteiger partial charge in [0.25, 0.3) is 17.7 Å². The van der Waals surface area contributed by atoms with E-state index >= 15 is 0 Å². The molecule has 506 valence electrons. The van der Waals surface area contributed by atoms with E-state index in [-0.39, 0.29) is 101 Å². The minimum absolute atomic E-state index is 0. The fourth-order valence-electron chi connectivity index (χ4n) is 5.38. The number of rotatable bonds is 21. The van der Waals surface area contributed by atoms with Crippen molar-refractivity contribution in [3.63, 3.8) is 0 Å². The van der Waals surface area contributed by atoms with Gasteiger partial charge in [0.15, 0.2) is 0 Å². The van der Waals surface area contributed by atoms with E-state index in [0.29, 0.717) is 66.3 Å². The summed E-state index contributed by atoms with van der Waals surface area (Å²) in [5.74, 6) is 11.2. The molecule has 0 radical (unpaired) electrons. The molecule has 4 unspecified atom stereocenters. The fraction of sp³-hybridized carbons (Fsp3) is 0.383. The lowest BCUT2D eigenvalue weighted by atomic mass is 10.1. The molecular formula is C60H78I2N6O14S10. The first kappa shape index (κ1) is 98.2. The van der Waals surface area contributed by atoms with Crippen LogP contribution in [0.3, 0.4) is 0 Å². The first-order chi connectivity index (χ1) is 43.2. The van der Waals surface area contributed by atoms with Crippen molar-refractivity contribution in [1.82, 2.24) is 20.9 Å². The molecule has 0 bridgehead atoms. The van der Waals surface area contributed by atoms with E-state index in [1.165, 1.54) is 17.8 Å². The molecule has 92 heavy (non-hydrogen) atoms. The lowest BCUT2D eigenvalue weighted by Crippen LogP contribution is -2.34. The van der Waals surface area contributed by atoms with Crippen molar-refractivity contribution in [3.8, 4) is 36.0 Å². The summed E-state index contributed by atoms with van der Waals surface area (Å²) in [6.45, 7) is 6.59. The molecule has 20 nitrogen and oxygen atoms in total. The zero-order chi connectivity index (χ0) is 70.5. The number of carbonyl (C=O) groups excluding carboxylic acids is 4. The van der Waals surface area contributed by atoms with Gasteiger partial charge in [0, 0.05) is 199 Å². The van der Waals surface area contributed by atoms with Crippen molar-refractivity contribution < 1.29 is 69.3 Å². The highest BCUT2D eigenvalue weighted by Gasteiger charge is 2.11. The number of aliphatic hydroxyl groups is 4. The van der Waals surface area contributed by atoms with Crippen molar-refractivity contribution in [2.75, 3.05) is 40.5 Å². The number of carboxylic acids is 3. The molecule has 4 rings (SSSR count). The fourth-order valence-corrected chi connectivity index (χ4v) is 6.46. The second-order valence-corrected chi connectivity index (χ2v) is 25.8. The van der Waals surface area contributed by atoms with Gasteiger partial charge in [-0.2, -0.15) is 18.6 Å². The Hall–Kier alpha value is -4.92. The van der Waals surface area contributed by atoms with Crippen LogP contribution in [0.2, 0.25) is 0 Å². The van der Waals surface area contributed by atoms with Gasteiger partial charge in [-0.1, -0.05) is 47.9 Å². The minimum atomic E-state index is -0.876. The summed E-state index contributed by atoms with van der Waals surface area (Å²) < 4.78 is 1.96. The average Bonchev–Trinajstić information content (AvgIpc) is 3.61. The SMILES string of the molecule is C#CCCCC(=O)O.CC(CO)N=N.CC(CO)NC(=O)c1cccc(C#CCCCC(=O)N(C)C)c1.CC(CO)NC(=O)c1cccc(C#CCCCC(=O)O)c1.CC(CO)NC(=O)c1cccc(I)c1.O=C(O)c1cccc(I)c1.S.S=S.S=S=S.S=S=S=S. The quantitative estimate of drug-likeness (QED) is 0.0166. The Balaban J connectivity index is -0.000000245. The van der Waals surface area contributed by atoms with Crippen LogP contribution in [0.4, 0.5) is 0 Å². The summed E-state index contributed by atoms with van der Waals surface area (Å²) in [6, 6.07) is 27.0. The highest BCUT2D eigenvalue weighted by molar-refractivity contribution is 14.1. The molecule has 32 heteroatoms. The second-order valence-electron chi connectivity index (χ2n) is 18.0. The normalized spacial score (nSPS) is 10.2. The molecule has 0 aliphatic heterocycles. The van der Waals surface area contributed by atoms with Crippen molar-refractivity contribution in [1.29, 1.82) is 5.53 Å². The third-order valence-electron chi connectivity index (χ3n) is 9.94. The summed E-state index contributed by atoms with van der Waals surface area (Å²) in [6.07, 6.45) is 9.18. The smallest absolute Gasteiger partial charge is 0.335 e. The van der Waals surface area contributed by atoms with Gasteiger partial charge < -0.3 is 56.6 Å². The number of benzene rings is 4. The van der Waals surface area contributed by atoms with Crippen LogP contribution >= 0.6 is 58.7 Å². The number of nitrogens with one attached hydrogen (secondary N) is 4. The van der Waals surface area contributed by atoms with Gasteiger partial charge in [-0.05, 0) is 165 Å². The van der Waals surface area contributed by atoms with Crippen molar-refractivity contribution in [2.24, 2.45) is 5.11 Å². The second kappa shape index (κ2) is 67.5. The largest absolute Gasteiger partial charge is 0.481 e. The molecule has 0 heterocycles. The van der Waals surface area contributed by atoms with Crippen molar-refractivity contribution in [3.05, 3.63) is 138 Å². The van der Waals surface area contributed by atoms with Crippen LogP contribution in [-0.4, -0.2) is 147 Å². The number of halogens is 2. The summed E-state index contributed by atoms with van der Waals surface area (Å²) in [7, 11) is 6.74. The number of hydrogen-bond acceptors (Lipinski definition) is 19. The van der Waals surface area contributed by atoms with E-state index < -0.39 is 17.9 Å². The zero-order valence-electron chi connectivity index (χ0n) is 51.1. The number of terminal acetylenes is 1. The maximum Gasteiger partial charge on any atom is 0.335 e. The average molecular weight is 1680 g/mol. The number of aliphatic hydroxyl groups excluding tert-OH is 4. The maximum atomic E-state index is 12.0. The van der Waals surface area contributed by atoms with E-state index in [1.54, 1.807) is 119 Å². The number of amides is 4. The van der Waals surface area contributed by atoms with Crippen LogP contribution in [0.1, 0.15) is 138 Å². The van der Waals surface area contributed by atoms with Crippen molar-refractivity contribution in [2.45, 2.75) is 110 Å². The van der Waals surface area contributed by atoms with E-state index in [0.717, 1.165) is 28.0 Å². The van der Waals surface area contributed by atoms with Crippen LogP contribution in [-0.2, 0) is 108 Å². The van der Waals surface area contributed by atoms with Gasteiger partial charge in [-0.3, -0.25) is 28.8 Å². The van der Waals surface area contributed by atoms with Crippen molar-refractivity contribution >= 4 is 194 Å². The summed E-state index contributed by atoms with van der Waals surface area (Å²) in [5.41, 5.74) is 9.69. The standard InChI is InChI=1S/C18H24N2O3.C16H19NO4.C10H12INO2.C7H5IO2.C6H8O2.C3H8N2O.S4.S3.S2.H2S/c1-14(13-21)19-18(23)16-10-7-9-15(12-16)8-5-4-6-11-17(22)20(2)3;1-12(11-18)17-16(21)14-8-5-7-13(10-14)6-3-2-4-9-15(19)20;1-7(6-13)12-10(14)8-3-2-4-9(11)5-8;8-6-3-1-2-5(4-6)7(9)10;1-2-3-4-5-6(7)8;1-3(2-6)5-4;1-3-4-2;1-3-2;1-2;/h7,9-10,12,14,21H,4,6,11,13H2,1-3H3,(H,19,23);5,7-8,10,12,18H,2,4,9,11H2,1H3,(H,17,21)(H,19,20);2-5,7,13H,6H2,1H3,(H,12,14);1-4H,(H,9,10);1H,3-5H2,(H,7,8);3-4,6H,2H2,1H3;;;;1H2. The minimum Gasteiger partial charge on any atom is -0.481 e. The maximum absolute atomic E-state index is 12.0. The van der Waals surface area contributed by atoms with Gasteiger partial charge >= 0.3 is 17.9 Å². The highest BCUT2D eigenvalue weighted by Crippen LogP contribution is 2.10. The van der Waals surface area contributed by atoms with E-state index in [2.05, 4.69) is 163 Å². The monoisotopic (exact) mass is 1680 g/mol. The summed E-state index contributed by atoms with van der Waals surface area (Å²) >= 11 is 28.5. The lowest BCUT2D eigenvalue weighted by molar-refractivity contribution is -0.138. The molecule has 4 aromatic carbocycles. The molecule has 0 spiro atoms. The predicted octanol–water partition coefficient (Wildman–Crippen LogP) is 7.57. The van der Waals surface area contributed by atoms with Gasteiger partial charge in [0.05, 0.1) is 38.0 Å². The van der Waals surface area contributed by atoms with Crippen LogP contribution in [0.5, 0.6) is 0 Å². The molecule has 0 aromatic heterocycles. The van der Waals surface area contributed by atoms with Gasteiger partial charge in [0.2, 0.25) is 5.91 Å². The Morgan fingerprint density at radius 3 is 1.16 bits per heavy atom. The molecule has 0 fully saturated rings. The molecule has 4 amide bonds. The molecular weight excluding hydrogens is 1600 g/mol. The third kappa shape index (κ3) is 61.3. The van der Waals surface area contributed by atoms with Crippen LogP contribution in [0, 0.1) is 48.7 Å². The molecule has 11 N–H and O–H groups in total. The van der Waals surface area contributed by atoms with Gasteiger partial charge in [0.1, 0.15) is 0 Å². The topological polar surface area (TPSA) is 337 Å². The van der Waals surface area contributed by atoms with E-state index in [9.17, 15) is 33.6 Å². The molecule has 4 aromatic rings. The predicted molar refractivity (Wildman–Crippen MR) is 407 cm³/mol. The third-order valence-corrected chi connectivity index (χ3v) is 13.5. The number of carboxylic acid groups (broad SMARTS) is 3. The molecule has 0 saturated heterocycles. The van der Waals surface area contributed by atoms with Crippen LogP contribution in [0.15, 0.2) is 102 Å². The van der Waals surface area contributed by atoms with E-state index in [1.807, 2.05) is 24.3 Å². The Morgan fingerprint density at radius 1 is 0.565 bits per heavy atom. The molecule has 0 aliphatic rings. The summed E-state index contributed by atoms with van der Waals surface area (Å²) in [5, 5.41) is 70.9. The molecule has 4 atom stereocenters. The molecule has 0 saturated carbocycles. The molecule has 0 aliphatic carbocycles. The number of hydrogen-bond donors (Lipinski definition) is 11. The summed E-state index contributed by atoms with van der Waals surface area (Å²) in [4.78, 5) is 78.9. The van der Waals surface area contributed by atoms with Gasteiger partial charge in [-0.25, -0.2) is 10.3 Å². The number of nitrogens with zero attached hydrogens (tertiary/aromatic N) is 2. The lowest BCUT2D eigenvalue weighted by Gasteiger charge is -2.10. The first-order valence-electron chi connectivity index (χ1n) is 26.6. The Morgan fingerprint density at radius 2 is 0.891 bits per heavy atom. The number of aliphatic carboxylic acids is 2. The van der Waals surface area contributed by atoms with Gasteiger partial charge in [-0.15, -0.1) is 12.3 Å². The van der Waals surface area contributed by atoms with Crippen LogP contribution in [0.25, 0.3) is 0 Å². The Kier molecular flexibility index (Phi) is 72.0. The Bertz CT molecular complexity index is 3120. The van der Waals surface area contributed by atoms with Crippen LogP contribution < -0.4 is 16.0 Å². The number of aromatic carboxylic acids is 1. The number of carbonyl (C=O) groups is 7. The first-order valence-corrected chi connectivity index (χ1v) is 36.8. The Labute approximate surface area is 612 Å². The van der Waals surface area contributed by atoms with E-state index in [4.69, 9.17) is 47.7 Å².